The Morgan fingerprint density at radius 3 is 2.62 bits per heavy atom. The second-order valence-corrected chi connectivity index (χ2v) is 4.15. The summed E-state index contributed by atoms with van der Waals surface area (Å²) >= 11 is 0. The van der Waals surface area contributed by atoms with Crippen molar-refractivity contribution in [1.29, 1.82) is 0 Å². The number of ether oxygens (including phenoxy) is 3. The summed E-state index contributed by atoms with van der Waals surface area (Å²) in [5.41, 5.74) is 0.144. The molecule has 0 amide bonds. The number of aliphatic hydroxyl groups excluding tert-OH is 1. The smallest absolute Gasteiger partial charge is 0.404 e. The van der Waals surface area contributed by atoms with Crippen molar-refractivity contribution in [2.45, 2.75) is 12.5 Å². The molecule has 1 unspecified atom stereocenters. The van der Waals surface area contributed by atoms with E-state index < -0.39 is 12.5 Å². The molecule has 0 bridgehead atoms. The van der Waals surface area contributed by atoms with Gasteiger partial charge in [-0.3, -0.25) is 0 Å². The summed E-state index contributed by atoms with van der Waals surface area (Å²) in [5, 5.41) is 12.3. The molecule has 0 aliphatic heterocycles. The third-order valence-corrected chi connectivity index (χ3v) is 2.38. The topological polar surface area (TPSA) is 60.0 Å². The minimum absolute atomic E-state index is 0.0329. The van der Waals surface area contributed by atoms with Gasteiger partial charge in [-0.2, -0.15) is 0 Å². The molecule has 0 aliphatic rings. The first-order valence-corrected chi connectivity index (χ1v) is 6.26. The average molecular weight is 309 g/mol. The Kier molecular flexibility index (Phi) is 7.27. The van der Waals surface area contributed by atoms with Crippen molar-refractivity contribution in [2.24, 2.45) is 0 Å². The van der Waals surface area contributed by atoms with Crippen LogP contribution in [0, 0.1) is 0 Å². The Morgan fingerprint density at radius 2 is 1.95 bits per heavy atom. The van der Waals surface area contributed by atoms with Gasteiger partial charge in [-0.25, -0.2) is 0 Å². The Labute approximate surface area is 120 Å². The van der Waals surface area contributed by atoms with Crippen molar-refractivity contribution in [1.82, 2.24) is 0 Å². The number of rotatable bonds is 9. The third kappa shape index (κ3) is 7.74. The highest BCUT2D eigenvalue weighted by Gasteiger charge is 2.32. The predicted molar refractivity (Wildman–Crippen MR) is 70.3 cm³/mol. The van der Waals surface area contributed by atoms with Gasteiger partial charge in [-0.05, 0) is 12.1 Å². The maximum atomic E-state index is 12.2. The summed E-state index contributed by atoms with van der Waals surface area (Å²) in [6.07, 6.45) is -5.62. The van der Waals surface area contributed by atoms with Crippen molar-refractivity contribution < 1.29 is 32.5 Å². The Morgan fingerprint density at radius 1 is 1.24 bits per heavy atom. The number of methoxy groups -OCH3 is 1. The summed E-state index contributed by atoms with van der Waals surface area (Å²) in [5.74, 6) is -0.350. The van der Waals surface area contributed by atoms with E-state index in [2.05, 4.69) is 10.1 Å². The zero-order valence-electron chi connectivity index (χ0n) is 11.5. The molecule has 1 atom stereocenters. The van der Waals surface area contributed by atoms with E-state index in [0.29, 0.717) is 13.2 Å². The van der Waals surface area contributed by atoms with Gasteiger partial charge in [0, 0.05) is 13.7 Å². The van der Waals surface area contributed by atoms with E-state index in [1.165, 1.54) is 25.3 Å². The fourth-order valence-corrected chi connectivity index (χ4v) is 1.47. The maximum absolute atomic E-state index is 12.2. The molecule has 0 spiro atoms. The zero-order chi connectivity index (χ0) is 15.7. The summed E-state index contributed by atoms with van der Waals surface area (Å²) in [6.45, 7) is 0.827. The average Bonchev–Trinajstić information content (AvgIpc) is 2.41. The van der Waals surface area contributed by atoms with E-state index in [9.17, 15) is 18.3 Å². The number of alkyl halides is 3. The number of benzene rings is 1. The van der Waals surface area contributed by atoms with Gasteiger partial charge in [0.1, 0.15) is 0 Å². The molecule has 1 aromatic rings. The minimum Gasteiger partial charge on any atom is -0.404 e. The Hall–Kier alpha value is -1.51. The highest BCUT2D eigenvalue weighted by molar-refractivity contribution is 5.56. The van der Waals surface area contributed by atoms with Crippen LogP contribution in [0.5, 0.6) is 5.75 Å². The molecule has 2 N–H and O–H groups in total. The lowest BCUT2D eigenvalue weighted by Crippen LogP contribution is -2.26. The summed E-state index contributed by atoms with van der Waals surface area (Å²) in [6, 6.07) is 5.61. The molecule has 21 heavy (non-hydrogen) atoms. The number of para-hydroxylation sites is 2. The number of hydrogen-bond donors (Lipinski definition) is 2. The first-order valence-electron chi connectivity index (χ1n) is 6.26. The molecule has 1 rings (SSSR count). The molecule has 1 aromatic carbocycles. The van der Waals surface area contributed by atoms with E-state index in [0.717, 1.165) is 0 Å². The van der Waals surface area contributed by atoms with Crippen LogP contribution >= 0.6 is 0 Å². The van der Waals surface area contributed by atoms with Crippen molar-refractivity contribution >= 4 is 5.69 Å². The van der Waals surface area contributed by atoms with E-state index >= 15 is 0 Å². The van der Waals surface area contributed by atoms with Crippen LogP contribution in [0.1, 0.15) is 0 Å². The van der Waals surface area contributed by atoms with E-state index in [1.54, 1.807) is 6.07 Å². The van der Waals surface area contributed by atoms with Gasteiger partial charge in [0.2, 0.25) is 0 Å². The SMILES string of the molecule is COCCOCC(O)CNc1ccccc1OC(F)(F)F. The fourth-order valence-electron chi connectivity index (χ4n) is 1.47. The normalized spacial score (nSPS) is 13.0. The standard InChI is InChI=1S/C13H18F3NO4/c1-19-6-7-20-9-10(18)8-17-11-4-2-3-5-12(11)21-13(14,15)16/h2-5,10,17-18H,6-9H2,1H3. The van der Waals surface area contributed by atoms with E-state index in [4.69, 9.17) is 9.47 Å². The van der Waals surface area contributed by atoms with Gasteiger partial charge in [-0.1, -0.05) is 12.1 Å². The molecular weight excluding hydrogens is 291 g/mol. The zero-order valence-corrected chi connectivity index (χ0v) is 11.5. The molecule has 120 valence electrons. The van der Waals surface area contributed by atoms with Crippen molar-refractivity contribution in [3.63, 3.8) is 0 Å². The van der Waals surface area contributed by atoms with Gasteiger partial charge in [-0.15, -0.1) is 13.2 Å². The second-order valence-electron chi connectivity index (χ2n) is 4.15. The van der Waals surface area contributed by atoms with E-state index in [1.807, 2.05) is 0 Å². The number of anilines is 1. The predicted octanol–water partition coefficient (Wildman–Crippen LogP) is 2.02. The van der Waals surface area contributed by atoms with Gasteiger partial charge in [0.15, 0.2) is 5.75 Å². The minimum atomic E-state index is -4.76. The molecular formula is C13H18F3NO4. The lowest BCUT2D eigenvalue weighted by atomic mass is 10.2. The Bertz CT molecular complexity index is 415. The number of aliphatic hydroxyl groups is 1. The third-order valence-electron chi connectivity index (χ3n) is 2.38. The highest BCUT2D eigenvalue weighted by Crippen LogP contribution is 2.29. The van der Waals surface area contributed by atoms with Crippen LogP contribution in [0.3, 0.4) is 0 Å². The molecule has 0 fully saturated rings. The maximum Gasteiger partial charge on any atom is 0.573 e. The number of nitrogens with one attached hydrogen (secondary N) is 1. The summed E-state index contributed by atoms with van der Waals surface area (Å²) < 4.78 is 50.4. The van der Waals surface area contributed by atoms with Crippen LogP contribution < -0.4 is 10.1 Å². The lowest BCUT2D eigenvalue weighted by molar-refractivity contribution is -0.274. The number of hydrogen-bond acceptors (Lipinski definition) is 5. The molecule has 0 saturated heterocycles. The van der Waals surface area contributed by atoms with Gasteiger partial charge in [0.05, 0.1) is 31.6 Å². The van der Waals surface area contributed by atoms with Crippen LogP contribution in [0.2, 0.25) is 0 Å². The van der Waals surface area contributed by atoms with Crippen LogP contribution in [0.4, 0.5) is 18.9 Å². The van der Waals surface area contributed by atoms with Gasteiger partial charge in [0.25, 0.3) is 0 Å². The van der Waals surface area contributed by atoms with Crippen molar-refractivity contribution in [3.8, 4) is 5.75 Å². The molecule has 0 aromatic heterocycles. The largest absolute Gasteiger partial charge is 0.573 e. The van der Waals surface area contributed by atoms with Crippen LogP contribution in [0.25, 0.3) is 0 Å². The monoisotopic (exact) mass is 309 g/mol. The first-order chi connectivity index (χ1) is 9.92. The molecule has 0 heterocycles. The van der Waals surface area contributed by atoms with Crippen LogP contribution in [0.15, 0.2) is 24.3 Å². The summed E-state index contributed by atoms with van der Waals surface area (Å²) in [4.78, 5) is 0. The number of halogens is 3. The van der Waals surface area contributed by atoms with Crippen molar-refractivity contribution in [3.05, 3.63) is 24.3 Å². The fraction of sp³-hybridized carbons (Fsp3) is 0.538. The molecule has 5 nitrogen and oxygen atoms in total. The second kappa shape index (κ2) is 8.71. The van der Waals surface area contributed by atoms with Crippen molar-refractivity contribution in [2.75, 3.05) is 38.8 Å². The molecule has 0 radical (unpaired) electrons. The summed E-state index contributed by atoms with van der Waals surface area (Å²) in [7, 11) is 1.53. The highest BCUT2D eigenvalue weighted by atomic mass is 19.4. The van der Waals surface area contributed by atoms with Crippen LogP contribution in [-0.2, 0) is 9.47 Å². The quantitative estimate of drug-likeness (QED) is 0.684. The molecule has 8 heteroatoms. The van der Waals surface area contributed by atoms with E-state index in [-0.39, 0.29) is 24.6 Å². The molecule has 0 saturated carbocycles. The van der Waals surface area contributed by atoms with Gasteiger partial charge >= 0.3 is 6.36 Å². The van der Waals surface area contributed by atoms with Gasteiger partial charge < -0.3 is 24.6 Å². The molecule has 0 aliphatic carbocycles. The lowest BCUT2D eigenvalue weighted by Gasteiger charge is -2.16. The van der Waals surface area contributed by atoms with Crippen LogP contribution in [-0.4, -0.2) is 51.0 Å². The first kappa shape index (κ1) is 17.5. The Balaban J connectivity index is 2.44.